The highest BCUT2D eigenvalue weighted by molar-refractivity contribution is 6.77. The van der Waals surface area contributed by atoms with Crippen molar-refractivity contribution in [2.45, 2.75) is 21.7 Å². The minimum Gasteiger partial charge on any atom is -0.361 e. The minimum atomic E-state index is -2.06. The summed E-state index contributed by atoms with van der Waals surface area (Å²) >= 11 is 27.1. The smallest absolute Gasteiger partial charge is 0.250 e. The third-order valence-electron chi connectivity index (χ3n) is 1.09. The van der Waals surface area contributed by atoms with E-state index in [0.29, 0.717) is 6.61 Å². The topological polar surface area (TPSA) is 26.3 Å². The summed E-state index contributed by atoms with van der Waals surface area (Å²) in [6, 6.07) is 0. The first-order valence-electron chi connectivity index (χ1n) is 3.31. The lowest BCUT2D eigenvalue weighted by Crippen LogP contribution is -2.35. The van der Waals surface area contributed by atoms with E-state index in [9.17, 15) is 4.79 Å². The molecule has 13 heavy (non-hydrogen) atoms. The van der Waals surface area contributed by atoms with Crippen molar-refractivity contribution >= 4 is 63.8 Å². The van der Waals surface area contributed by atoms with Crippen molar-refractivity contribution in [2.75, 3.05) is 6.61 Å². The SMILES string of the molecule is CCOC(Cl)C(Cl)C(=O)C(Cl)(Cl)Cl. The van der Waals surface area contributed by atoms with Crippen LogP contribution in [-0.4, -0.2) is 27.1 Å². The number of carbonyl (C=O) groups excluding carboxylic acids is 1. The van der Waals surface area contributed by atoms with Gasteiger partial charge in [-0.3, -0.25) is 4.79 Å². The van der Waals surface area contributed by atoms with Crippen LogP contribution in [0.4, 0.5) is 0 Å². The minimum absolute atomic E-state index is 0.324. The Bertz CT molecular complexity index is 178. The van der Waals surface area contributed by atoms with Crippen molar-refractivity contribution in [3.8, 4) is 0 Å². The van der Waals surface area contributed by atoms with Crippen LogP contribution in [0.25, 0.3) is 0 Å². The molecule has 0 saturated carbocycles. The zero-order chi connectivity index (χ0) is 10.6. The van der Waals surface area contributed by atoms with E-state index in [1.807, 2.05) is 0 Å². The van der Waals surface area contributed by atoms with Gasteiger partial charge in [-0.25, -0.2) is 0 Å². The Morgan fingerprint density at radius 3 is 2.15 bits per heavy atom. The highest BCUT2D eigenvalue weighted by Gasteiger charge is 2.39. The first-order chi connectivity index (χ1) is 5.80. The molecule has 0 aliphatic rings. The zero-order valence-electron chi connectivity index (χ0n) is 6.57. The molecule has 7 heteroatoms. The van der Waals surface area contributed by atoms with Gasteiger partial charge in [0, 0.05) is 6.61 Å². The molecule has 2 unspecified atom stereocenters. The molecule has 0 N–H and O–H groups in total. The van der Waals surface area contributed by atoms with Gasteiger partial charge in [-0.15, -0.1) is 11.6 Å². The van der Waals surface area contributed by atoms with Crippen LogP contribution in [-0.2, 0) is 9.53 Å². The van der Waals surface area contributed by atoms with Crippen LogP contribution in [0.3, 0.4) is 0 Å². The number of rotatable bonds is 4. The summed E-state index contributed by atoms with van der Waals surface area (Å²) in [5.41, 5.74) is -0.991. The van der Waals surface area contributed by atoms with Crippen molar-refractivity contribution < 1.29 is 9.53 Å². The van der Waals surface area contributed by atoms with E-state index in [0.717, 1.165) is 0 Å². The Labute approximate surface area is 101 Å². The van der Waals surface area contributed by atoms with Crippen LogP contribution in [0.2, 0.25) is 0 Å². The number of hydrogen-bond donors (Lipinski definition) is 0. The lowest BCUT2D eigenvalue weighted by molar-refractivity contribution is -0.119. The molecule has 0 aliphatic heterocycles. The Morgan fingerprint density at radius 1 is 1.38 bits per heavy atom. The maximum absolute atomic E-state index is 11.2. The van der Waals surface area contributed by atoms with E-state index in [4.69, 9.17) is 62.7 Å². The average Bonchev–Trinajstić information content (AvgIpc) is 2.00. The van der Waals surface area contributed by atoms with Crippen molar-refractivity contribution in [3.05, 3.63) is 0 Å². The highest BCUT2D eigenvalue weighted by atomic mass is 35.6. The lowest BCUT2D eigenvalue weighted by atomic mass is 10.3. The third kappa shape index (κ3) is 4.91. The first kappa shape index (κ1) is 14.1. The van der Waals surface area contributed by atoms with Crippen molar-refractivity contribution in [1.29, 1.82) is 0 Å². The number of halogens is 5. The summed E-state index contributed by atoms with van der Waals surface area (Å²) in [5, 5.41) is -1.17. The standard InChI is InChI=1S/C6H7Cl5O2/c1-2-13-5(8)3(7)4(12)6(9,10)11/h3,5H,2H2,1H3. The summed E-state index contributed by atoms with van der Waals surface area (Å²) in [5.74, 6) is -0.799. The molecule has 0 spiro atoms. The Morgan fingerprint density at radius 2 is 1.85 bits per heavy atom. The van der Waals surface area contributed by atoms with E-state index in [-0.39, 0.29) is 0 Å². The van der Waals surface area contributed by atoms with Crippen LogP contribution in [0.5, 0.6) is 0 Å². The maximum Gasteiger partial charge on any atom is 0.250 e. The molecule has 0 aliphatic carbocycles. The largest absolute Gasteiger partial charge is 0.361 e. The molecule has 0 aromatic rings. The summed E-state index contributed by atoms with van der Waals surface area (Å²) in [7, 11) is 0. The van der Waals surface area contributed by atoms with Crippen LogP contribution in [0.15, 0.2) is 0 Å². The van der Waals surface area contributed by atoms with E-state index >= 15 is 0 Å². The Kier molecular flexibility index (Phi) is 6.32. The van der Waals surface area contributed by atoms with E-state index in [2.05, 4.69) is 0 Å². The molecule has 2 nitrogen and oxygen atoms in total. The molecular weight excluding hydrogens is 281 g/mol. The highest BCUT2D eigenvalue weighted by Crippen LogP contribution is 2.31. The van der Waals surface area contributed by atoms with Gasteiger partial charge in [0.25, 0.3) is 0 Å². The monoisotopic (exact) mass is 286 g/mol. The molecule has 0 fully saturated rings. The molecule has 0 amide bonds. The summed E-state index contributed by atoms with van der Waals surface area (Å²) in [6.07, 6.45) is 0. The number of hydrogen-bond acceptors (Lipinski definition) is 2. The van der Waals surface area contributed by atoms with Crippen LogP contribution < -0.4 is 0 Å². The van der Waals surface area contributed by atoms with Gasteiger partial charge in [0.1, 0.15) is 5.38 Å². The van der Waals surface area contributed by atoms with Crippen molar-refractivity contribution in [1.82, 2.24) is 0 Å². The number of ether oxygens (including phenoxy) is 1. The molecular formula is C6H7Cl5O2. The summed E-state index contributed by atoms with van der Waals surface area (Å²) in [4.78, 5) is 11.2. The Hall–Kier alpha value is 1.08. The van der Waals surface area contributed by atoms with Gasteiger partial charge in [0.2, 0.25) is 9.58 Å². The molecule has 0 aromatic heterocycles. The number of carbonyl (C=O) groups is 1. The molecule has 0 saturated heterocycles. The van der Waals surface area contributed by atoms with Gasteiger partial charge in [0.15, 0.2) is 5.56 Å². The third-order valence-corrected chi connectivity index (χ3v) is 2.58. The molecule has 0 aromatic carbocycles. The number of Topliss-reactive ketones (excluding diaryl/α,β-unsaturated/α-hetero) is 1. The van der Waals surface area contributed by atoms with Crippen molar-refractivity contribution in [3.63, 3.8) is 0 Å². The van der Waals surface area contributed by atoms with Gasteiger partial charge in [-0.1, -0.05) is 46.4 Å². The normalized spacial score (nSPS) is 16.8. The van der Waals surface area contributed by atoms with Gasteiger partial charge < -0.3 is 4.74 Å². The van der Waals surface area contributed by atoms with Crippen LogP contribution in [0, 0.1) is 0 Å². The van der Waals surface area contributed by atoms with Gasteiger partial charge in [-0.05, 0) is 6.92 Å². The van der Waals surface area contributed by atoms with Gasteiger partial charge >= 0.3 is 0 Å². The van der Waals surface area contributed by atoms with E-state index in [1.165, 1.54) is 0 Å². The molecule has 0 radical (unpaired) electrons. The van der Waals surface area contributed by atoms with Crippen LogP contribution in [0.1, 0.15) is 6.92 Å². The lowest BCUT2D eigenvalue weighted by Gasteiger charge is -2.18. The van der Waals surface area contributed by atoms with E-state index < -0.39 is 20.5 Å². The first-order valence-corrected chi connectivity index (χ1v) is 5.32. The quantitative estimate of drug-likeness (QED) is 0.743. The average molecular weight is 288 g/mol. The van der Waals surface area contributed by atoms with Gasteiger partial charge in [-0.2, -0.15) is 0 Å². The maximum atomic E-state index is 11.2. The number of alkyl halides is 5. The molecule has 0 rings (SSSR count). The molecule has 0 heterocycles. The second kappa shape index (κ2) is 5.84. The predicted octanol–water partition coefficient (Wildman–Crippen LogP) is 3.13. The fourth-order valence-corrected chi connectivity index (χ4v) is 1.52. The Balaban J connectivity index is 4.26. The predicted molar refractivity (Wildman–Crippen MR) is 56.2 cm³/mol. The number of ketones is 1. The fraction of sp³-hybridized carbons (Fsp3) is 0.833. The molecule has 78 valence electrons. The summed E-state index contributed by atoms with van der Waals surface area (Å²) in [6.45, 7) is 2.03. The second-order valence-corrected chi connectivity index (χ2v) is 5.25. The zero-order valence-corrected chi connectivity index (χ0v) is 10.3. The molecule has 2 atom stereocenters. The second-order valence-electron chi connectivity index (χ2n) is 2.07. The van der Waals surface area contributed by atoms with Crippen molar-refractivity contribution in [2.24, 2.45) is 0 Å². The fourth-order valence-electron chi connectivity index (χ4n) is 0.519. The van der Waals surface area contributed by atoms with E-state index in [1.54, 1.807) is 6.92 Å². The molecule has 0 bridgehead atoms. The summed E-state index contributed by atoms with van der Waals surface area (Å²) < 4.78 is 2.80. The van der Waals surface area contributed by atoms with Crippen LogP contribution >= 0.6 is 58.0 Å². The van der Waals surface area contributed by atoms with Gasteiger partial charge in [0.05, 0.1) is 0 Å².